The van der Waals surface area contributed by atoms with Gasteiger partial charge in [-0.05, 0) is 0 Å². The first-order valence-corrected chi connectivity index (χ1v) is 7.36. The summed E-state index contributed by atoms with van der Waals surface area (Å²) in [4.78, 5) is 0. The second kappa shape index (κ2) is 9.01. The van der Waals surface area contributed by atoms with E-state index in [1.807, 2.05) is 6.92 Å². The molecule has 1 rings (SSSR count). The van der Waals surface area contributed by atoms with E-state index in [0.717, 1.165) is 6.54 Å². The highest BCUT2D eigenvalue weighted by molar-refractivity contribution is 7.84. The Balaban J connectivity index is 2.19. The summed E-state index contributed by atoms with van der Waals surface area (Å²) >= 11 is 0. The van der Waals surface area contributed by atoms with Gasteiger partial charge in [0.1, 0.15) is 0 Å². The largest absolute Gasteiger partial charge is 0.407 e. The Labute approximate surface area is 109 Å². The third-order valence-corrected chi connectivity index (χ3v) is 3.46. The van der Waals surface area contributed by atoms with Crippen molar-refractivity contribution in [2.45, 2.75) is 13.5 Å². The number of hydrogen-bond acceptors (Lipinski definition) is 7. The minimum Gasteiger partial charge on any atom is -0.407 e. The molecule has 0 bridgehead atoms. The number of anilines is 1. The van der Waals surface area contributed by atoms with Gasteiger partial charge in [-0.1, -0.05) is 12.0 Å². The zero-order valence-corrected chi connectivity index (χ0v) is 11.6. The second-order valence-electron chi connectivity index (χ2n) is 3.53. The van der Waals surface area contributed by atoms with E-state index in [1.165, 1.54) is 0 Å². The molecule has 7 nitrogen and oxygen atoms in total. The van der Waals surface area contributed by atoms with Crippen LogP contribution in [-0.4, -0.2) is 52.7 Å². The molecule has 0 amide bonds. The Morgan fingerprint density at radius 3 is 2.94 bits per heavy atom. The average Bonchev–Trinajstić information content (AvgIpc) is 2.82. The second-order valence-corrected chi connectivity index (χ2v) is 5.40. The minimum atomic E-state index is -0.780. The highest BCUT2D eigenvalue weighted by atomic mass is 32.2. The first kappa shape index (κ1) is 15.1. The van der Waals surface area contributed by atoms with E-state index in [1.54, 1.807) is 7.11 Å². The van der Waals surface area contributed by atoms with Crippen molar-refractivity contribution in [3.8, 4) is 0 Å². The normalized spacial score (nSPS) is 12.6. The Morgan fingerprint density at radius 2 is 2.22 bits per heavy atom. The summed E-state index contributed by atoms with van der Waals surface area (Å²) in [6.45, 7) is 4.35. The van der Waals surface area contributed by atoms with Crippen LogP contribution in [0.2, 0.25) is 0 Å². The number of methoxy groups -OCH3 is 1. The summed E-state index contributed by atoms with van der Waals surface area (Å²) in [5.41, 5.74) is 0. The highest BCUT2D eigenvalue weighted by Gasteiger charge is 2.05. The standard InChI is InChI=1S/C10H20N4O3S/c1-3-18(15)7-5-12-10-14-13-9(17-10)8-11-4-6-16-2/h11H,3-8H2,1-2H3,(H,12,14). The molecule has 0 spiro atoms. The molecule has 1 aromatic heterocycles. The maximum Gasteiger partial charge on any atom is 0.315 e. The van der Waals surface area contributed by atoms with Crippen LogP contribution >= 0.6 is 0 Å². The van der Waals surface area contributed by atoms with Gasteiger partial charge in [-0.25, -0.2) is 0 Å². The predicted octanol–water partition coefficient (Wildman–Crippen LogP) is -0.0139. The van der Waals surface area contributed by atoms with Crippen LogP contribution < -0.4 is 10.6 Å². The van der Waals surface area contributed by atoms with E-state index in [4.69, 9.17) is 9.15 Å². The van der Waals surface area contributed by atoms with Gasteiger partial charge in [0, 0.05) is 42.5 Å². The Morgan fingerprint density at radius 1 is 1.39 bits per heavy atom. The lowest BCUT2D eigenvalue weighted by molar-refractivity contribution is 0.198. The third kappa shape index (κ3) is 6.08. The predicted molar refractivity (Wildman–Crippen MR) is 69.9 cm³/mol. The number of nitrogens with zero attached hydrogens (tertiary/aromatic N) is 2. The lowest BCUT2D eigenvalue weighted by Crippen LogP contribution is -2.18. The molecular formula is C10H20N4O3S. The molecule has 0 aliphatic rings. The van der Waals surface area contributed by atoms with E-state index < -0.39 is 10.8 Å². The highest BCUT2D eigenvalue weighted by Crippen LogP contribution is 2.04. The van der Waals surface area contributed by atoms with Crippen molar-refractivity contribution in [1.82, 2.24) is 15.5 Å². The molecule has 1 aromatic rings. The van der Waals surface area contributed by atoms with E-state index in [0.29, 0.717) is 43.1 Å². The zero-order valence-electron chi connectivity index (χ0n) is 10.8. The van der Waals surface area contributed by atoms with Gasteiger partial charge in [0.15, 0.2) is 0 Å². The van der Waals surface area contributed by atoms with Gasteiger partial charge < -0.3 is 19.8 Å². The molecular weight excluding hydrogens is 256 g/mol. The smallest absolute Gasteiger partial charge is 0.315 e. The van der Waals surface area contributed by atoms with Crippen LogP contribution in [-0.2, 0) is 22.1 Å². The quantitative estimate of drug-likeness (QED) is 0.581. The molecule has 0 saturated carbocycles. The van der Waals surface area contributed by atoms with Crippen molar-refractivity contribution in [3.63, 3.8) is 0 Å². The SMILES string of the molecule is CCS(=O)CCNc1nnc(CNCCOC)o1. The number of ether oxygens (including phenoxy) is 1. The molecule has 1 unspecified atom stereocenters. The van der Waals surface area contributed by atoms with E-state index >= 15 is 0 Å². The summed E-state index contributed by atoms with van der Waals surface area (Å²) in [7, 11) is 0.870. The fourth-order valence-electron chi connectivity index (χ4n) is 1.18. The first-order chi connectivity index (χ1) is 8.76. The maximum atomic E-state index is 11.2. The molecule has 1 atom stereocenters. The molecule has 0 aliphatic heterocycles. The van der Waals surface area contributed by atoms with Gasteiger partial charge in [-0.3, -0.25) is 4.21 Å². The van der Waals surface area contributed by atoms with Gasteiger partial charge in [-0.2, -0.15) is 0 Å². The monoisotopic (exact) mass is 276 g/mol. The van der Waals surface area contributed by atoms with Crippen LogP contribution in [0.4, 0.5) is 6.01 Å². The summed E-state index contributed by atoms with van der Waals surface area (Å²) in [6, 6.07) is 0.367. The molecule has 0 aromatic carbocycles. The van der Waals surface area contributed by atoms with Crippen molar-refractivity contribution >= 4 is 16.8 Å². The third-order valence-electron chi connectivity index (χ3n) is 2.15. The molecule has 0 saturated heterocycles. The first-order valence-electron chi connectivity index (χ1n) is 5.87. The molecule has 1 heterocycles. The topological polar surface area (TPSA) is 89.3 Å². The van der Waals surface area contributed by atoms with E-state index in [9.17, 15) is 4.21 Å². The number of hydrogen-bond donors (Lipinski definition) is 2. The average molecular weight is 276 g/mol. The van der Waals surface area contributed by atoms with Gasteiger partial charge in [-0.15, -0.1) is 5.10 Å². The van der Waals surface area contributed by atoms with Gasteiger partial charge >= 0.3 is 6.01 Å². The zero-order chi connectivity index (χ0) is 13.2. The van der Waals surface area contributed by atoms with E-state index in [2.05, 4.69) is 20.8 Å². The van der Waals surface area contributed by atoms with Crippen LogP contribution in [0.15, 0.2) is 4.42 Å². The van der Waals surface area contributed by atoms with Crippen LogP contribution in [0.25, 0.3) is 0 Å². The molecule has 2 N–H and O–H groups in total. The Bertz CT molecular complexity index is 359. The van der Waals surface area contributed by atoms with Crippen LogP contribution in [0.1, 0.15) is 12.8 Å². The van der Waals surface area contributed by atoms with Gasteiger partial charge in [0.2, 0.25) is 5.89 Å². The Kier molecular flexibility index (Phi) is 7.54. The molecule has 0 fully saturated rings. The Hall–Kier alpha value is -0.990. The minimum absolute atomic E-state index is 0.367. The van der Waals surface area contributed by atoms with Crippen molar-refractivity contribution in [3.05, 3.63) is 5.89 Å². The molecule has 104 valence electrons. The number of aromatic nitrogens is 2. The molecule has 0 aliphatic carbocycles. The van der Waals surface area contributed by atoms with Crippen LogP contribution in [0.5, 0.6) is 0 Å². The van der Waals surface area contributed by atoms with E-state index in [-0.39, 0.29) is 0 Å². The lowest BCUT2D eigenvalue weighted by Gasteiger charge is -2.00. The van der Waals surface area contributed by atoms with Crippen molar-refractivity contribution < 1.29 is 13.4 Å². The van der Waals surface area contributed by atoms with Crippen molar-refractivity contribution in [1.29, 1.82) is 0 Å². The maximum absolute atomic E-state index is 11.2. The summed E-state index contributed by atoms with van der Waals surface area (Å²) in [5.74, 6) is 1.77. The fourth-order valence-corrected chi connectivity index (χ4v) is 1.80. The molecule has 18 heavy (non-hydrogen) atoms. The van der Waals surface area contributed by atoms with Crippen LogP contribution in [0.3, 0.4) is 0 Å². The summed E-state index contributed by atoms with van der Waals surface area (Å²) in [5, 5.41) is 13.8. The van der Waals surface area contributed by atoms with Crippen molar-refractivity contribution in [2.75, 3.05) is 43.6 Å². The number of nitrogens with one attached hydrogen (secondary N) is 2. The summed E-state index contributed by atoms with van der Waals surface area (Å²) in [6.07, 6.45) is 0. The molecule has 8 heteroatoms. The van der Waals surface area contributed by atoms with Crippen LogP contribution in [0, 0.1) is 0 Å². The van der Waals surface area contributed by atoms with Gasteiger partial charge in [0.25, 0.3) is 0 Å². The molecule has 0 radical (unpaired) electrons. The fraction of sp³-hybridized carbons (Fsp3) is 0.800. The lowest BCUT2D eigenvalue weighted by atomic mass is 10.6. The van der Waals surface area contributed by atoms with Crippen molar-refractivity contribution in [2.24, 2.45) is 0 Å². The number of rotatable bonds is 10. The summed E-state index contributed by atoms with van der Waals surface area (Å²) < 4.78 is 21.4. The van der Waals surface area contributed by atoms with Gasteiger partial charge in [0.05, 0.1) is 13.2 Å².